The molecule has 0 aliphatic carbocycles. The van der Waals surface area contributed by atoms with Crippen LogP contribution in [0, 0.1) is 5.82 Å². The van der Waals surface area contributed by atoms with Crippen LogP contribution in [-0.4, -0.2) is 6.26 Å². The first-order valence-corrected chi connectivity index (χ1v) is 5.13. The molecule has 0 aliphatic rings. The molecule has 0 spiro atoms. The van der Waals surface area contributed by atoms with E-state index in [2.05, 4.69) is 0 Å². The molecule has 66 valence electrons. The van der Waals surface area contributed by atoms with Crippen molar-refractivity contribution in [2.45, 2.75) is 12.3 Å². The van der Waals surface area contributed by atoms with Gasteiger partial charge in [-0.2, -0.15) is 11.8 Å². The van der Waals surface area contributed by atoms with E-state index in [1.807, 2.05) is 12.3 Å². The Bertz CT molecular complexity index is 263. The first-order valence-electron chi connectivity index (χ1n) is 3.74. The summed E-state index contributed by atoms with van der Waals surface area (Å²) in [5, 5.41) is 0. The van der Waals surface area contributed by atoms with Crippen molar-refractivity contribution in [3.8, 4) is 0 Å². The summed E-state index contributed by atoms with van der Waals surface area (Å²) in [6.07, 6.45) is 1.95. The Labute approximate surface area is 76.2 Å². The van der Waals surface area contributed by atoms with Gasteiger partial charge < -0.3 is 5.73 Å². The van der Waals surface area contributed by atoms with Gasteiger partial charge in [-0.25, -0.2) is 4.39 Å². The van der Waals surface area contributed by atoms with Gasteiger partial charge in [-0.1, -0.05) is 12.1 Å². The minimum Gasteiger partial charge on any atom is -0.326 e. The van der Waals surface area contributed by atoms with Crippen molar-refractivity contribution >= 4 is 11.8 Å². The Balaban J connectivity index is 2.91. The number of thioether (sulfide) groups is 1. The summed E-state index contributed by atoms with van der Waals surface area (Å²) in [6, 6.07) is 5.03. The van der Waals surface area contributed by atoms with Gasteiger partial charge in [-0.15, -0.1) is 0 Å². The first kappa shape index (κ1) is 9.55. The fraction of sp³-hybridized carbons (Fsp3) is 0.333. The van der Waals surface area contributed by atoms with Gasteiger partial charge in [0.2, 0.25) is 0 Å². The third kappa shape index (κ3) is 2.22. The molecule has 0 unspecified atom stereocenters. The van der Waals surface area contributed by atoms with Crippen molar-refractivity contribution in [3.05, 3.63) is 35.1 Å². The van der Waals surface area contributed by atoms with Crippen LogP contribution in [0.2, 0.25) is 0 Å². The number of halogens is 1. The molecular weight excluding hydrogens is 173 g/mol. The monoisotopic (exact) mass is 185 g/mol. The molecule has 2 N–H and O–H groups in total. The van der Waals surface area contributed by atoms with Crippen molar-refractivity contribution in [3.63, 3.8) is 0 Å². The van der Waals surface area contributed by atoms with Crippen LogP contribution in [0.3, 0.4) is 0 Å². The van der Waals surface area contributed by atoms with E-state index in [-0.39, 0.29) is 5.82 Å². The van der Waals surface area contributed by atoms with E-state index in [4.69, 9.17) is 5.73 Å². The molecule has 1 aromatic rings. The second-order valence-electron chi connectivity index (χ2n) is 2.56. The van der Waals surface area contributed by atoms with E-state index >= 15 is 0 Å². The predicted molar refractivity (Wildman–Crippen MR) is 51.5 cm³/mol. The van der Waals surface area contributed by atoms with Gasteiger partial charge in [0.25, 0.3) is 0 Å². The highest BCUT2D eigenvalue weighted by molar-refractivity contribution is 7.97. The minimum absolute atomic E-state index is 0.137. The average molecular weight is 185 g/mol. The zero-order valence-electron chi connectivity index (χ0n) is 7.01. The van der Waals surface area contributed by atoms with Gasteiger partial charge in [-0.05, 0) is 23.4 Å². The molecule has 12 heavy (non-hydrogen) atoms. The maximum absolute atomic E-state index is 13.0. The summed E-state index contributed by atoms with van der Waals surface area (Å²) < 4.78 is 13.0. The Morgan fingerprint density at radius 1 is 1.50 bits per heavy atom. The summed E-state index contributed by atoms with van der Waals surface area (Å²) >= 11 is 1.61. The molecule has 3 heteroatoms. The van der Waals surface area contributed by atoms with E-state index in [9.17, 15) is 4.39 Å². The van der Waals surface area contributed by atoms with Crippen LogP contribution in [0.5, 0.6) is 0 Å². The molecule has 0 amide bonds. The third-order valence-electron chi connectivity index (χ3n) is 1.65. The SMILES string of the molecule is CSCc1cc(CN)ccc1F. The van der Waals surface area contributed by atoms with Crippen LogP contribution in [0.15, 0.2) is 18.2 Å². The number of benzene rings is 1. The third-order valence-corrected chi connectivity index (χ3v) is 2.25. The summed E-state index contributed by atoms with van der Waals surface area (Å²) in [7, 11) is 0. The molecule has 1 nitrogen and oxygen atoms in total. The van der Waals surface area contributed by atoms with E-state index < -0.39 is 0 Å². The lowest BCUT2D eigenvalue weighted by atomic mass is 10.1. The smallest absolute Gasteiger partial charge is 0.127 e. The molecule has 0 aliphatic heterocycles. The van der Waals surface area contributed by atoms with Crippen LogP contribution in [0.1, 0.15) is 11.1 Å². The minimum atomic E-state index is -0.137. The van der Waals surface area contributed by atoms with Gasteiger partial charge in [0.15, 0.2) is 0 Å². The van der Waals surface area contributed by atoms with Crippen molar-refractivity contribution in [2.24, 2.45) is 5.73 Å². The molecule has 0 heterocycles. The van der Waals surface area contributed by atoms with Crippen molar-refractivity contribution < 1.29 is 4.39 Å². The lowest BCUT2D eigenvalue weighted by molar-refractivity contribution is 0.616. The largest absolute Gasteiger partial charge is 0.326 e. The molecule has 0 fully saturated rings. The summed E-state index contributed by atoms with van der Waals surface area (Å²) in [6.45, 7) is 0.474. The first-order chi connectivity index (χ1) is 5.77. The predicted octanol–water partition coefficient (Wildman–Crippen LogP) is 2.15. The second-order valence-corrected chi connectivity index (χ2v) is 3.43. The highest BCUT2D eigenvalue weighted by Gasteiger charge is 2.01. The zero-order valence-corrected chi connectivity index (χ0v) is 7.83. The maximum atomic E-state index is 13.0. The molecule has 0 aromatic heterocycles. The molecule has 0 bridgehead atoms. The number of hydrogen-bond acceptors (Lipinski definition) is 2. The van der Waals surface area contributed by atoms with Crippen LogP contribution in [0.4, 0.5) is 4.39 Å². The average Bonchev–Trinajstić information content (AvgIpc) is 2.09. The standard InChI is InChI=1S/C9H12FNS/c1-12-6-8-4-7(5-11)2-3-9(8)10/h2-4H,5-6,11H2,1H3. The van der Waals surface area contributed by atoms with Crippen LogP contribution < -0.4 is 5.73 Å². The van der Waals surface area contributed by atoms with E-state index in [1.54, 1.807) is 17.8 Å². The van der Waals surface area contributed by atoms with Crippen LogP contribution in [-0.2, 0) is 12.3 Å². The van der Waals surface area contributed by atoms with Crippen molar-refractivity contribution in [2.75, 3.05) is 6.26 Å². The van der Waals surface area contributed by atoms with Crippen molar-refractivity contribution in [1.29, 1.82) is 0 Å². The molecule has 0 saturated heterocycles. The molecule has 1 rings (SSSR count). The van der Waals surface area contributed by atoms with Gasteiger partial charge >= 0.3 is 0 Å². The second kappa shape index (κ2) is 4.48. The Hall–Kier alpha value is -0.540. The van der Waals surface area contributed by atoms with E-state index in [0.29, 0.717) is 12.3 Å². The Morgan fingerprint density at radius 2 is 2.25 bits per heavy atom. The lowest BCUT2D eigenvalue weighted by Crippen LogP contribution is -1.98. The van der Waals surface area contributed by atoms with Gasteiger partial charge in [0.05, 0.1) is 0 Å². The number of nitrogens with two attached hydrogens (primary N) is 1. The van der Waals surface area contributed by atoms with E-state index in [0.717, 1.165) is 11.1 Å². The van der Waals surface area contributed by atoms with Gasteiger partial charge in [0.1, 0.15) is 5.82 Å². The lowest BCUT2D eigenvalue weighted by Gasteiger charge is -2.03. The van der Waals surface area contributed by atoms with Gasteiger partial charge in [-0.3, -0.25) is 0 Å². The fourth-order valence-electron chi connectivity index (χ4n) is 1.02. The molecule has 1 aromatic carbocycles. The maximum Gasteiger partial charge on any atom is 0.127 e. The molecule has 0 saturated carbocycles. The zero-order chi connectivity index (χ0) is 8.97. The summed E-state index contributed by atoms with van der Waals surface area (Å²) in [5.41, 5.74) is 7.16. The van der Waals surface area contributed by atoms with E-state index in [1.165, 1.54) is 6.07 Å². The quantitative estimate of drug-likeness (QED) is 0.780. The van der Waals surface area contributed by atoms with Gasteiger partial charge in [0, 0.05) is 12.3 Å². The molecule has 0 radical (unpaired) electrons. The summed E-state index contributed by atoms with van der Waals surface area (Å²) in [4.78, 5) is 0. The van der Waals surface area contributed by atoms with Crippen LogP contribution in [0.25, 0.3) is 0 Å². The summed E-state index contributed by atoms with van der Waals surface area (Å²) in [5.74, 6) is 0.571. The number of rotatable bonds is 3. The fourth-order valence-corrected chi connectivity index (χ4v) is 1.55. The Morgan fingerprint density at radius 3 is 2.83 bits per heavy atom. The normalized spacial score (nSPS) is 10.2. The molecular formula is C9H12FNS. The Kier molecular flexibility index (Phi) is 3.56. The molecule has 0 atom stereocenters. The number of hydrogen-bond donors (Lipinski definition) is 1. The highest BCUT2D eigenvalue weighted by atomic mass is 32.2. The van der Waals surface area contributed by atoms with Crippen LogP contribution >= 0.6 is 11.8 Å². The topological polar surface area (TPSA) is 26.0 Å². The van der Waals surface area contributed by atoms with Crippen molar-refractivity contribution in [1.82, 2.24) is 0 Å². The highest BCUT2D eigenvalue weighted by Crippen LogP contribution is 2.15.